The Bertz CT molecular complexity index is 1390. The first-order chi connectivity index (χ1) is 17.6. The highest BCUT2D eigenvalue weighted by Crippen LogP contribution is 2.34. The van der Waals surface area contributed by atoms with Gasteiger partial charge in [0, 0.05) is 51.1 Å². The zero-order valence-corrected chi connectivity index (χ0v) is 20.6. The van der Waals surface area contributed by atoms with Crippen molar-refractivity contribution >= 4 is 28.6 Å². The molecular weight excluding hydrogens is 454 g/mol. The third-order valence-electron chi connectivity index (χ3n) is 6.60. The molecule has 184 valence electrons. The Labute approximate surface area is 210 Å². The van der Waals surface area contributed by atoms with Crippen LogP contribution in [-0.4, -0.2) is 45.0 Å². The molecule has 0 fully saturated rings. The Hall–Kier alpha value is -4.20. The van der Waals surface area contributed by atoms with Gasteiger partial charge in [-0.1, -0.05) is 36.4 Å². The Kier molecular flexibility index (Phi) is 6.66. The van der Waals surface area contributed by atoms with Crippen molar-refractivity contribution in [3.8, 4) is 5.88 Å². The summed E-state index contributed by atoms with van der Waals surface area (Å²) in [7, 11) is 1.68. The van der Waals surface area contributed by atoms with Crippen LogP contribution in [0.3, 0.4) is 0 Å². The Morgan fingerprint density at radius 3 is 2.61 bits per heavy atom. The summed E-state index contributed by atoms with van der Waals surface area (Å²) >= 11 is 0. The van der Waals surface area contributed by atoms with E-state index in [1.54, 1.807) is 24.3 Å². The minimum absolute atomic E-state index is 0.205. The first-order valence-corrected chi connectivity index (χ1v) is 12.3. The van der Waals surface area contributed by atoms with Gasteiger partial charge in [-0.15, -0.1) is 0 Å². The van der Waals surface area contributed by atoms with E-state index in [9.17, 15) is 9.59 Å². The topological polar surface area (TPSA) is 80.6 Å². The number of aryl methyl sites for hydroxylation is 1. The van der Waals surface area contributed by atoms with Gasteiger partial charge < -0.3 is 9.64 Å². The van der Waals surface area contributed by atoms with E-state index < -0.39 is 6.09 Å². The summed E-state index contributed by atoms with van der Waals surface area (Å²) in [6.07, 6.45) is 5.67. The smallest absolute Gasteiger partial charge is 0.389 e. The highest BCUT2D eigenvalue weighted by Gasteiger charge is 2.30. The molecule has 1 aliphatic rings. The molecule has 0 aliphatic carbocycles. The van der Waals surface area contributed by atoms with E-state index in [0.29, 0.717) is 36.9 Å². The summed E-state index contributed by atoms with van der Waals surface area (Å²) in [5.41, 5.74) is 1.54. The zero-order valence-electron chi connectivity index (χ0n) is 20.6. The molecule has 0 N–H and O–H groups in total. The molecular formula is C28H29N5O3. The number of amides is 2. The van der Waals surface area contributed by atoms with E-state index in [2.05, 4.69) is 4.98 Å². The molecule has 8 nitrogen and oxygen atoms in total. The third kappa shape index (κ3) is 4.54. The van der Waals surface area contributed by atoms with Gasteiger partial charge >= 0.3 is 6.09 Å². The van der Waals surface area contributed by atoms with Gasteiger partial charge in [0.15, 0.2) is 5.82 Å². The van der Waals surface area contributed by atoms with Crippen molar-refractivity contribution in [2.45, 2.75) is 39.3 Å². The molecule has 8 heteroatoms. The van der Waals surface area contributed by atoms with Crippen LogP contribution in [0.25, 0.3) is 10.8 Å². The summed E-state index contributed by atoms with van der Waals surface area (Å²) in [5, 5.41) is 1.86. The molecule has 36 heavy (non-hydrogen) atoms. The van der Waals surface area contributed by atoms with Crippen LogP contribution < -0.4 is 9.64 Å². The number of carbonyl (C=O) groups excluding carboxylic acids is 2. The number of aromatic nitrogens is 3. The Morgan fingerprint density at radius 2 is 1.81 bits per heavy atom. The number of carbonyl (C=O) groups is 2. The average Bonchev–Trinajstić information content (AvgIpc) is 3.29. The number of hydrogen-bond acceptors (Lipinski definition) is 5. The highest BCUT2D eigenvalue weighted by atomic mass is 16.6. The number of rotatable bonds is 6. The predicted octanol–water partition coefficient (Wildman–Crippen LogP) is 5.07. The maximum Gasteiger partial charge on any atom is 0.416 e. The number of nitrogens with zero attached hydrogens (tertiary/aromatic N) is 5. The lowest BCUT2D eigenvalue weighted by molar-refractivity contribution is 0.0992. The maximum atomic E-state index is 13.7. The van der Waals surface area contributed by atoms with Gasteiger partial charge in [-0.2, -0.15) is 0 Å². The van der Waals surface area contributed by atoms with E-state index in [0.717, 1.165) is 41.4 Å². The molecule has 0 unspecified atom stereocenters. The molecule has 2 amide bonds. The largest absolute Gasteiger partial charge is 0.416 e. The molecule has 2 aromatic heterocycles. The average molecular weight is 484 g/mol. The molecule has 2 aromatic carbocycles. The predicted molar refractivity (Wildman–Crippen MR) is 138 cm³/mol. The van der Waals surface area contributed by atoms with Crippen molar-refractivity contribution in [1.29, 1.82) is 0 Å². The van der Waals surface area contributed by atoms with Crippen molar-refractivity contribution in [2.75, 3.05) is 18.5 Å². The van der Waals surface area contributed by atoms with E-state index in [1.807, 2.05) is 66.1 Å². The number of anilines is 1. The standard InChI is InChI=1S/C28H29N5O3/c1-3-32(19-20-14-16-29-17-15-20)28(35)36-27-25(30-24-13-6-7-18-33(24)27)31(2)26(34)23-12-8-10-21-9-4-5-11-22(21)23/h4-5,8-12,14-17H,3,6-7,13,18-19H2,1-2H3. The summed E-state index contributed by atoms with van der Waals surface area (Å²) < 4.78 is 7.92. The lowest BCUT2D eigenvalue weighted by Crippen LogP contribution is -2.34. The van der Waals surface area contributed by atoms with Crippen LogP contribution in [0.4, 0.5) is 10.6 Å². The molecule has 1 aliphatic heterocycles. The zero-order chi connectivity index (χ0) is 25.1. The quantitative estimate of drug-likeness (QED) is 0.383. The van der Waals surface area contributed by atoms with E-state index in [1.165, 1.54) is 4.90 Å². The molecule has 0 saturated heterocycles. The second-order valence-corrected chi connectivity index (χ2v) is 8.89. The number of ether oxygens (including phenoxy) is 1. The molecule has 4 aromatic rings. The molecule has 0 atom stereocenters. The van der Waals surface area contributed by atoms with Crippen LogP contribution in [0, 0.1) is 0 Å². The summed E-state index contributed by atoms with van der Waals surface area (Å²) in [4.78, 5) is 38.8. The van der Waals surface area contributed by atoms with E-state index in [-0.39, 0.29) is 5.91 Å². The second kappa shape index (κ2) is 10.2. The van der Waals surface area contributed by atoms with Gasteiger partial charge in [0.05, 0.1) is 0 Å². The van der Waals surface area contributed by atoms with Crippen LogP contribution in [-0.2, 0) is 19.5 Å². The second-order valence-electron chi connectivity index (χ2n) is 8.89. The lowest BCUT2D eigenvalue weighted by atomic mass is 10.0. The summed E-state index contributed by atoms with van der Waals surface area (Å²) in [5.74, 6) is 1.30. The van der Waals surface area contributed by atoms with Gasteiger partial charge in [-0.25, -0.2) is 9.78 Å². The van der Waals surface area contributed by atoms with Crippen LogP contribution in [0.2, 0.25) is 0 Å². The number of pyridine rings is 1. The van der Waals surface area contributed by atoms with Crippen molar-refractivity contribution < 1.29 is 14.3 Å². The number of imidazole rings is 1. The summed E-state index contributed by atoms with van der Waals surface area (Å²) in [6.45, 7) is 3.48. The van der Waals surface area contributed by atoms with Crippen LogP contribution in [0.15, 0.2) is 67.0 Å². The SMILES string of the molecule is CCN(Cc1ccncc1)C(=O)Oc1c(N(C)C(=O)c2cccc3ccccc23)nc2n1CCCC2. The van der Waals surface area contributed by atoms with Gasteiger partial charge in [0.25, 0.3) is 5.91 Å². The lowest BCUT2D eigenvalue weighted by Gasteiger charge is -2.23. The monoisotopic (exact) mass is 483 g/mol. The number of fused-ring (bicyclic) bond motifs is 2. The van der Waals surface area contributed by atoms with Crippen LogP contribution in [0.5, 0.6) is 5.88 Å². The fraction of sp³-hybridized carbons (Fsp3) is 0.286. The van der Waals surface area contributed by atoms with Crippen molar-refractivity contribution in [1.82, 2.24) is 19.4 Å². The Balaban J connectivity index is 1.47. The summed E-state index contributed by atoms with van der Waals surface area (Å²) in [6, 6.07) is 17.2. The van der Waals surface area contributed by atoms with Crippen LogP contribution >= 0.6 is 0 Å². The molecule has 5 rings (SSSR count). The van der Waals surface area contributed by atoms with Crippen LogP contribution in [0.1, 0.15) is 41.5 Å². The highest BCUT2D eigenvalue weighted by molar-refractivity contribution is 6.14. The van der Waals surface area contributed by atoms with Crippen molar-refractivity contribution in [2.24, 2.45) is 0 Å². The fourth-order valence-corrected chi connectivity index (χ4v) is 4.61. The molecule has 0 saturated carbocycles. The van der Waals surface area contributed by atoms with Crippen molar-refractivity contribution in [3.05, 3.63) is 83.9 Å². The van der Waals surface area contributed by atoms with Crippen molar-refractivity contribution in [3.63, 3.8) is 0 Å². The molecule has 0 spiro atoms. The molecule has 0 radical (unpaired) electrons. The van der Waals surface area contributed by atoms with Gasteiger partial charge in [-0.05, 0) is 54.3 Å². The van der Waals surface area contributed by atoms with Gasteiger partial charge in [-0.3, -0.25) is 19.2 Å². The van der Waals surface area contributed by atoms with E-state index in [4.69, 9.17) is 9.72 Å². The minimum Gasteiger partial charge on any atom is -0.389 e. The minimum atomic E-state index is -0.477. The number of benzene rings is 2. The Morgan fingerprint density at radius 1 is 1.03 bits per heavy atom. The third-order valence-corrected chi connectivity index (χ3v) is 6.60. The maximum absolute atomic E-state index is 13.7. The molecule has 3 heterocycles. The van der Waals surface area contributed by atoms with Gasteiger partial charge in [0.2, 0.25) is 5.88 Å². The van der Waals surface area contributed by atoms with E-state index >= 15 is 0 Å². The molecule has 0 bridgehead atoms. The van der Waals surface area contributed by atoms with Gasteiger partial charge in [0.1, 0.15) is 5.82 Å². The number of hydrogen-bond donors (Lipinski definition) is 0. The fourth-order valence-electron chi connectivity index (χ4n) is 4.61. The first kappa shape index (κ1) is 23.5. The normalized spacial score (nSPS) is 12.7. The first-order valence-electron chi connectivity index (χ1n) is 12.3.